The summed E-state index contributed by atoms with van der Waals surface area (Å²) in [7, 11) is -0.942. The first kappa shape index (κ1) is 16.5. The van der Waals surface area contributed by atoms with Crippen LogP contribution >= 0.6 is 0 Å². The van der Waals surface area contributed by atoms with E-state index in [1.165, 1.54) is 6.26 Å². The zero-order valence-electron chi connectivity index (χ0n) is 13.2. The molecular formula is C15H27N3O2S. The lowest BCUT2D eigenvalue weighted by Crippen LogP contribution is -2.36. The van der Waals surface area contributed by atoms with Crippen LogP contribution in [0.5, 0.6) is 0 Å². The summed E-state index contributed by atoms with van der Waals surface area (Å²) in [4.78, 5) is 4.22. The quantitative estimate of drug-likeness (QED) is 0.873. The van der Waals surface area contributed by atoms with Crippen molar-refractivity contribution in [1.82, 2.24) is 14.9 Å². The Morgan fingerprint density at radius 2 is 2.24 bits per heavy atom. The molecule has 1 aliphatic carbocycles. The lowest BCUT2D eigenvalue weighted by Gasteiger charge is -2.34. The number of nitrogens with one attached hydrogen (secondary N) is 1. The van der Waals surface area contributed by atoms with Crippen LogP contribution < -0.4 is 5.32 Å². The molecule has 1 aromatic heterocycles. The number of hydrogen-bond acceptors (Lipinski definition) is 4. The molecule has 21 heavy (non-hydrogen) atoms. The second-order valence-corrected chi connectivity index (χ2v) is 8.57. The highest BCUT2D eigenvalue weighted by Gasteiger charge is 2.34. The minimum Gasteiger partial charge on any atom is -0.336 e. The Hall–Kier alpha value is -0.880. The summed E-state index contributed by atoms with van der Waals surface area (Å²) in [6.45, 7) is 3.09. The van der Waals surface area contributed by atoms with Crippen LogP contribution in [0.1, 0.15) is 50.8 Å². The summed E-state index contributed by atoms with van der Waals surface area (Å²) in [5.74, 6) is 0.362. The molecule has 0 bridgehead atoms. The topological polar surface area (TPSA) is 64.0 Å². The highest BCUT2D eigenvalue weighted by molar-refractivity contribution is 7.91. The Morgan fingerprint density at radius 1 is 1.48 bits per heavy atom. The SMILES string of the molecule is CCCNC(c1cncn1C)C1CCCC(S(C)(=O)=O)C1. The van der Waals surface area contributed by atoms with Crippen molar-refractivity contribution in [3.8, 4) is 0 Å². The number of sulfone groups is 1. The molecule has 3 atom stereocenters. The Labute approximate surface area is 128 Å². The van der Waals surface area contributed by atoms with E-state index in [0.29, 0.717) is 5.92 Å². The first-order valence-corrected chi connectivity index (χ1v) is 9.77. The van der Waals surface area contributed by atoms with Crippen molar-refractivity contribution in [3.05, 3.63) is 18.2 Å². The third-order valence-electron chi connectivity index (χ3n) is 4.53. The molecule has 1 N–H and O–H groups in total. The number of aromatic nitrogens is 2. The van der Waals surface area contributed by atoms with Crippen molar-refractivity contribution in [2.75, 3.05) is 12.8 Å². The zero-order valence-corrected chi connectivity index (χ0v) is 14.1. The molecule has 3 unspecified atom stereocenters. The van der Waals surface area contributed by atoms with Crippen LogP contribution in [0.3, 0.4) is 0 Å². The van der Waals surface area contributed by atoms with Gasteiger partial charge in [0.25, 0.3) is 0 Å². The van der Waals surface area contributed by atoms with Crippen molar-refractivity contribution in [2.45, 2.75) is 50.3 Å². The van der Waals surface area contributed by atoms with E-state index in [9.17, 15) is 8.42 Å². The molecule has 1 aromatic rings. The Kier molecular flexibility index (Phi) is 5.43. The van der Waals surface area contributed by atoms with Gasteiger partial charge in [-0.3, -0.25) is 0 Å². The standard InChI is InChI=1S/C15H27N3O2S/c1-4-8-17-15(14-10-16-11-18(14)2)12-6-5-7-13(9-12)21(3,19)20/h10-13,15,17H,4-9H2,1-3H3. The smallest absolute Gasteiger partial charge is 0.150 e. The van der Waals surface area contributed by atoms with Crippen molar-refractivity contribution >= 4 is 9.84 Å². The Bertz CT molecular complexity index is 553. The Balaban J connectivity index is 2.18. The first-order chi connectivity index (χ1) is 9.93. The molecule has 0 radical (unpaired) electrons. The lowest BCUT2D eigenvalue weighted by molar-refractivity contribution is 0.266. The van der Waals surface area contributed by atoms with E-state index in [4.69, 9.17) is 0 Å². The number of rotatable bonds is 6. The fourth-order valence-corrected chi connectivity index (χ4v) is 4.54. The van der Waals surface area contributed by atoms with Gasteiger partial charge in [-0.15, -0.1) is 0 Å². The number of imidazole rings is 1. The van der Waals surface area contributed by atoms with Crippen LogP contribution in [0.4, 0.5) is 0 Å². The predicted octanol–water partition coefficient (Wildman–Crippen LogP) is 2.06. The third-order valence-corrected chi connectivity index (χ3v) is 6.17. The highest BCUT2D eigenvalue weighted by atomic mass is 32.2. The average molecular weight is 313 g/mol. The van der Waals surface area contributed by atoms with Crippen molar-refractivity contribution in [2.24, 2.45) is 13.0 Å². The molecule has 0 spiro atoms. The second-order valence-electron chi connectivity index (χ2n) is 6.24. The highest BCUT2D eigenvalue weighted by Crippen LogP contribution is 2.36. The minimum absolute atomic E-state index is 0.185. The van der Waals surface area contributed by atoms with Crippen LogP contribution in [0.2, 0.25) is 0 Å². The van der Waals surface area contributed by atoms with Gasteiger partial charge < -0.3 is 9.88 Å². The van der Waals surface area contributed by atoms with E-state index in [2.05, 4.69) is 17.2 Å². The number of aryl methyl sites for hydroxylation is 1. The maximum absolute atomic E-state index is 11.9. The maximum atomic E-state index is 11.9. The molecule has 1 heterocycles. The van der Waals surface area contributed by atoms with Gasteiger partial charge in [-0.2, -0.15) is 0 Å². The fraction of sp³-hybridized carbons (Fsp3) is 0.800. The van der Waals surface area contributed by atoms with E-state index in [1.807, 2.05) is 24.1 Å². The monoisotopic (exact) mass is 313 g/mol. The van der Waals surface area contributed by atoms with E-state index >= 15 is 0 Å². The molecule has 1 aliphatic rings. The van der Waals surface area contributed by atoms with Crippen molar-refractivity contribution in [3.63, 3.8) is 0 Å². The van der Waals surface area contributed by atoms with E-state index in [-0.39, 0.29) is 11.3 Å². The minimum atomic E-state index is -2.94. The van der Waals surface area contributed by atoms with Crippen LogP contribution in [-0.2, 0) is 16.9 Å². The summed E-state index contributed by atoms with van der Waals surface area (Å²) < 4.78 is 25.8. The summed E-state index contributed by atoms with van der Waals surface area (Å²) in [6, 6.07) is 0.196. The summed E-state index contributed by atoms with van der Waals surface area (Å²) in [5.41, 5.74) is 1.16. The molecule has 0 amide bonds. The fourth-order valence-electron chi connectivity index (χ4n) is 3.35. The van der Waals surface area contributed by atoms with Crippen LogP contribution in [0, 0.1) is 5.92 Å². The normalized spacial score (nSPS) is 24.9. The van der Waals surface area contributed by atoms with Gasteiger partial charge in [0.05, 0.1) is 23.3 Å². The number of nitrogens with zero attached hydrogens (tertiary/aromatic N) is 2. The van der Waals surface area contributed by atoms with Crippen LogP contribution in [0.25, 0.3) is 0 Å². The molecule has 2 rings (SSSR count). The predicted molar refractivity (Wildman–Crippen MR) is 84.8 cm³/mol. The van der Waals surface area contributed by atoms with Gasteiger partial charge in [0.2, 0.25) is 0 Å². The summed E-state index contributed by atoms with van der Waals surface area (Å²) >= 11 is 0. The molecule has 1 saturated carbocycles. The van der Waals surface area contributed by atoms with Gasteiger partial charge in [-0.1, -0.05) is 13.3 Å². The molecule has 0 aromatic carbocycles. The maximum Gasteiger partial charge on any atom is 0.150 e. The molecule has 5 nitrogen and oxygen atoms in total. The third kappa shape index (κ3) is 4.07. The first-order valence-electron chi connectivity index (χ1n) is 7.82. The molecule has 6 heteroatoms. The van der Waals surface area contributed by atoms with E-state index in [1.54, 1.807) is 0 Å². The van der Waals surface area contributed by atoms with E-state index in [0.717, 1.165) is 44.3 Å². The zero-order chi connectivity index (χ0) is 15.5. The molecular weight excluding hydrogens is 286 g/mol. The average Bonchev–Trinajstić information content (AvgIpc) is 2.85. The molecule has 0 aliphatic heterocycles. The lowest BCUT2D eigenvalue weighted by atomic mass is 9.82. The van der Waals surface area contributed by atoms with Crippen LogP contribution in [0.15, 0.2) is 12.5 Å². The molecule has 120 valence electrons. The van der Waals surface area contributed by atoms with Crippen molar-refractivity contribution < 1.29 is 8.42 Å². The molecule has 0 saturated heterocycles. The largest absolute Gasteiger partial charge is 0.336 e. The summed E-state index contributed by atoms with van der Waals surface area (Å²) in [5, 5.41) is 3.41. The van der Waals surface area contributed by atoms with Gasteiger partial charge in [0.15, 0.2) is 0 Å². The summed E-state index contributed by atoms with van der Waals surface area (Å²) in [6.07, 6.45) is 9.79. The Morgan fingerprint density at radius 3 is 2.81 bits per heavy atom. The van der Waals surface area contributed by atoms with Crippen molar-refractivity contribution in [1.29, 1.82) is 0 Å². The van der Waals surface area contributed by atoms with Gasteiger partial charge in [-0.05, 0) is 38.1 Å². The van der Waals surface area contributed by atoms with Gasteiger partial charge >= 0.3 is 0 Å². The number of hydrogen-bond donors (Lipinski definition) is 1. The van der Waals surface area contributed by atoms with Gasteiger partial charge in [0, 0.05) is 19.5 Å². The van der Waals surface area contributed by atoms with Gasteiger partial charge in [-0.25, -0.2) is 13.4 Å². The second kappa shape index (κ2) is 6.92. The van der Waals surface area contributed by atoms with Crippen LogP contribution in [-0.4, -0.2) is 36.0 Å². The van der Waals surface area contributed by atoms with Gasteiger partial charge in [0.1, 0.15) is 9.84 Å². The molecule has 1 fully saturated rings. The van der Waals surface area contributed by atoms with E-state index < -0.39 is 9.84 Å².